The van der Waals surface area contributed by atoms with Gasteiger partial charge in [0.05, 0.1) is 11.9 Å². The van der Waals surface area contributed by atoms with Crippen LogP contribution in [0.4, 0.5) is 11.5 Å². The molecule has 2 heterocycles. The van der Waals surface area contributed by atoms with Gasteiger partial charge in [0, 0.05) is 19.7 Å². The van der Waals surface area contributed by atoms with Crippen LogP contribution in [0.2, 0.25) is 0 Å². The zero-order chi connectivity index (χ0) is 16.9. The van der Waals surface area contributed by atoms with Gasteiger partial charge in [0.15, 0.2) is 5.82 Å². The van der Waals surface area contributed by atoms with Gasteiger partial charge in [0.25, 0.3) is 5.91 Å². The molecular formula is C18H18N4O2. The maximum atomic E-state index is 12.1. The number of carbonyl (C=O) groups excluding carboxylic acids is 1. The minimum atomic E-state index is -0.319. The van der Waals surface area contributed by atoms with Crippen LogP contribution >= 0.6 is 0 Å². The quantitative estimate of drug-likeness (QED) is 0.780. The Kier molecular flexibility index (Phi) is 4.56. The van der Waals surface area contributed by atoms with E-state index in [2.05, 4.69) is 32.5 Å². The fourth-order valence-corrected chi connectivity index (χ4v) is 2.30. The van der Waals surface area contributed by atoms with Gasteiger partial charge in [0.1, 0.15) is 11.5 Å². The number of pyridine rings is 1. The molecule has 0 saturated heterocycles. The number of aryl methyl sites for hydroxylation is 1. The topological polar surface area (TPSA) is 71.3 Å². The van der Waals surface area contributed by atoms with Crippen LogP contribution in [0.3, 0.4) is 0 Å². The van der Waals surface area contributed by atoms with Gasteiger partial charge in [-0.1, -0.05) is 35.5 Å². The van der Waals surface area contributed by atoms with Gasteiger partial charge in [-0.2, -0.15) is 0 Å². The zero-order valence-electron chi connectivity index (χ0n) is 13.6. The van der Waals surface area contributed by atoms with Crippen LogP contribution in [-0.2, 0) is 6.54 Å². The molecule has 1 aromatic carbocycles. The number of hydrogen-bond donors (Lipinski definition) is 1. The molecule has 3 rings (SSSR count). The lowest BCUT2D eigenvalue weighted by molar-refractivity contribution is 0.102. The molecule has 122 valence electrons. The van der Waals surface area contributed by atoms with Gasteiger partial charge in [-0.25, -0.2) is 4.98 Å². The Morgan fingerprint density at radius 2 is 2.00 bits per heavy atom. The van der Waals surface area contributed by atoms with Crippen LogP contribution in [0, 0.1) is 6.92 Å². The molecule has 1 amide bonds. The molecule has 0 aliphatic carbocycles. The Balaban J connectivity index is 1.65. The molecule has 6 nitrogen and oxygen atoms in total. The molecule has 6 heteroatoms. The summed E-state index contributed by atoms with van der Waals surface area (Å²) in [5.41, 5.74) is 2.48. The Morgan fingerprint density at radius 3 is 2.62 bits per heavy atom. The highest BCUT2D eigenvalue weighted by molar-refractivity contribution is 6.02. The predicted octanol–water partition coefficient (Wildman–Crippen LogP) is 3.27. The van der Waals surface area contributed by atoms with E-state index in [0.29, 0.717) is 17.3 Å². The van der Waals surface area contributed by atoms with Crippen LogP contribution in [0.25, 0.3) is 0 Å². The fraction of sp³-hybridized carbons (Fsp3) is 0.167. The van der Waals surface area contributed by atoms with Crippen molar-refractivity contribution in [2.45, 2.75) is 13.5 Å². The summed E-state index contributed by atoms with van der Waals surface area (Å²) >= 11 is 0. The maximum Gasteiger partial charge on any atom is 0.275 e. The molecule has 0 bridgehead atoms. The summed E-state index contributed by atoms with van der Waals surface area (Å²) in [7, 11) is 1.99. The second-order valence-electron chi connectivity index (χ2n) is 5.52. The summed E-state index contributed by atoms with van der Waals surface area (Å²) in [5.74, 6) is 0.696. The summed E-state index contributed by atoms with van der Waals surface area (Å²) < 4.78 is 4.92. The van der Waals surface area contributed by atoms with E-state index in [9.17, 15) is 4.79 Å². The number of aromatic nitrogens is 2. The third-order valence-corrected chi connectivity index (χ3v) is 3.55. The summed E-state index contributed by atoms with van der Waals surface area (Å²) in [6, 6.07) is 15.4. The summed E-state index contributed by atoms with van der Waals surface area (Å²) in [6.45, 7) is 2.53. The van der Waals surface area contributed by atoms with Gasteiger partial charge >= 0.3 is 0 Å². The average Bonchev–Trinajstić information content (AvgIpc) is 3.00. The van der Waals surface area contributed by atoms with Gasteiger partial charge in [-0.3, -0.25) is 4.79 Å². The minimum absolute atomic E-state index is 0.319. The first-order valence-corrected chi connectivity index (χ1v) is 7.57. The molecule has 0 saturated carbocycles. The van der Waals surface area contributed by atoms with Crippen molar-refractivity contribution in [3.05, 3.63) is 71.7 Å². The number of nitrogens with one attached hydrogen (secondary N) is 1. The van der Waals surface area contributed by atoms with Crippen molar-refractivity contribution in [2.24, 2.45) is 0 Å². The smallest absolute Gasteiger partial charge is 0.275 e. The highest BCUT2D eigenvalue weighted by Crippen LogP contribution is 2.15. The number of carbonyl (C=O) groups is 1. The largest absolute Gasteiger partial charge is 0.369 e. The first-order chi connectivity index (χ1) is 11.6. The highest BCUT2D eigenvalue weighted by Gasteiger charge is 2.11. The Labute approximate surface area is 140 Å². The van der Waals surface area contributed by atoms with Gasteiger partial charge in [-0.15, -0.1) is 0 Å². The van der Waals surface area contributed by atoms with E-state index >= 15 is 0 Å². The first kappa shape index (κ1) is 15.7. The summed E-state index contributed by atoms with van der Waals surface area (Å²) in [6.07, 6.45) is 1.69. The number of amides is 1. The SMILES string of the molecule is Cc1cc(NC(=O)c2ccc(N(C)Cc3ccccc3)cn2)no1. The molecule has 24 heavy (non-hydrogen) atoms. The van der Waals surface area contributed by atoms with Crippen LogP contribution in [-0.4, -0.2) is 23.1 Å². The van der Waals surface area contributed by atoms with E-state index in [4.69, 9.17) is 4.52 Å². The first-order valence-electron chi connectivity index (χ1n) is 7.57. The van der Waals surface area contributed by atoms with Gasteiger partial charge < -0.3 is 14.7 Å². The Bertz CT molecular complexity index is 813. The van der Waals surface area contributed by atoms with Crippen molar-refractivity contribution in [1.29, 1.82) is 0 Å². The Hall–Kier alpha value is -3.15. The molecule has 0 unspecified atom stereocenters. The molecule has 0 radical (unpaired) electrons. The lowest BCUT2D eigenvalue weighted by Crippen LogP contribution is -2.18. The number of hydrogen-bond acceptors (Lipinski definition) is 5. The van der Waals surface area contributed by atoms with Crippen molar-refractivity contribution in [2.75, 3.05) is 17.3 Å². The van der Waals surface area contributed by atoms with Gasteiger partial charge in [-0.05, 0) is 24.6 Å². The predicted molar refractivity (Wildman–Crippen MR) is 92.0 cm³/mol. The van der Waals surface area contributed by atoms with Crippen molar-refractivity contribution in [1.82, 2.24) is 10.1 Å². The summed E-state index contributed by atoms with van der Waals surface area (Å²) in [5, 5.41) is 6.38. The molecule has 0 atom stereocenters. The van der Waals surface area contributed by atoms with Crippen LogP contribution in [0.5, 0.6) is 0 Å². The normalized spacial score (nSPS) is 10.4. The summed E-state index contributed by atoms with van der Waals surface area (Å²) in [4.78, 5) is 18.4. The van der Waals surface area contributed by atoms with E-state index in [1.807, 2.05) is 31.3 Å². The zero-order valence-corrected chi connectivity index (χ0v) is 13.6. The number of benzene rings is 1. The lowest BCUT2D eigenvalue weighted by atomic mass is 10.2. The second kappa shape index (κ2) is 6.95. The third kappa shape index (κ3) is 3.78. The number of nitrogens with zero attached hydrogens (tertiary/aromatic N) is 3. The maximum absolute atomic E-state index is 12.1. The number of anilines is 2. The molecular weight excluding hydrogens is 304 g/mol. The third-order valence-electron chi connectivity index (χ3n) is 3.55. The molecule has 0 aliphatic heterocycles. The van der Waals surface area contributed by atoms with Crippen molar-refractivity contribution >= 4 is 17.4 Å². The van der Waals surface area contributed by atoms with E-state index in [1.54, 1.807) is 25.3 Å². The molecule has 0 aliphatic rings. The fourth-order valence-electron chi connectivity index (χ4n) is 2.30. The van der Waals surface area contributed by atoms with Crippen molar-refractivity contribution < 1.29 is 9.32 Å². The van der Waals surface area contributed by atoms with Crippen LogP contribution in [0.15, 0.2) is 59.3 Å². The van der Waals surface area contributed by atoms with E-state index in [1.165, 1.54) is 5.56 Å². The molecule has 2 aromatic heterocycles. The minimum Gasteiger partial charge on any atom is -0.369 e. The van der Waals surface area contributed by atoms with Crippen molar-refractivity contribution in [3.8, 4) is 0 Å². The van der Waals surface area contributed by atoms with Crippen LogP contribution in [0.1, 0.15) is 21.8 Å². The van der Waals surface area contributed by atoms with E-state index in [0.717, 1.165) is 12.2 Å². The highest BCUT2D eigenvalue weighted by atomic mass is 16.5. The van der Waals surface area contributed by atoms with E-state index in [-0.39, 0.29) is 5.91 Å². The molecule has 0 spiro atoms. The standard InChI is InChI=1S/C18H18N4O2/c1-13-10-17(21-24-13)20-18(23)16-9-8-15(11-19-16)22(2)12-14-6-4-3-5-7-14/h3-11H,12H2,1-2H3,(H,20,21,23). The monoisotopic (exact) mass is 322 g/mol. The van der Waals surface area contributed by atoms with Crippen LogP contribution < -0.4 is 10.2 Å². The molecule has 3 aromatic rings. The van der Waals surface area contributed by atoms with Crippen molar-refractivity contribution in [3.63, 3.8) is 0 Å². The Morgan fingerprint density at radius 1 is 1.21 bits per heavy atom. The average molecular weight is 322 g/mol. The molecule has 1 N–H and O–H groups in total. The lowest BCUT2D eigenvalue weighted by Gasteiger charge is -2.19. The number of rotatable bonds is 5. The molecule has 0 fully saturated rings. The second-order valence-corrected chi connectivity index (χ2v) is 5.52. The van der Waals surface area contributed by atoms with E-state index < -0.39 is 0 Å². The van der Waals surface area contributed by atoms with Gasteiger partial charge in [0.2, 0.25) is 0 Å².